The molecule has 0 saturated carbocycles. The van der Waals surface area contributed by atoms with Crippen LogP contribution >= 0.6 is 11.5 Å². The summed E-state index contributed by atoms with van der Waals surface area (Å²) in [5.41, 5.74) is 1.14. The molecule has 1 N–H and O–H groups in total. The highest BCUT2D eigenvalue weighted by Gasteiger charge is 2.12. The number of carbonyl (C=O) groups excluding carboxylic acids is 1. The highest BCUT2D eigenvalue weighted by Crippen LogP contribution is 2.27. The molecule has 1 heterocycles. The molecule has 2 aromatic carbocycles. The Hall–Kier alpha value is -2.93. The quantitative estimate of drug-likeness (QED) is 0.681. The van der Waals surface area contributed by atoms with Crippen molar-refractivity contribution in [2.45, 2.75) is 19.8 Å². The van der Waals surface area contributed by atoms with Gasteiger partial charge in [-0.1, -0.05) is 26.0 Å². The molecule has 0 atom stereocenters. The van der Waals surface area contributed by atoms with E-state index < -0.39 is 0 Å². The van der Waals surface area contributed by atoms with E-state index in [0.29, 0.717) is 27.9 Å². The highest BCUT2D eigenvalue weighted by molar-refractivity contribution is 7.07. The van der Waals surface area contributed by atoms with E-state index in [1.165, 1.54) is 18.6 Å². The number of rotatable bonds is 6. The van der Waals surface area contributed by atoms with Crippen molar-refractivity contribution in [3.63, 3.8) is 0 Å². The predicted octanol–water partition coefficient (Wildman–Crippen LogP) is 4.71. The van der Waals surface area contributed by atoms with Gasteiger partial charge < -0.3 is 14.8 Å². The maximum atomic E-state index is 12.4. The van der Waals surface area contributed by atoms with Crippen LogP contribution in [0, 0.1) is 0 Å². The molecule has 1 amide bonds. The van der Waals surface area contributed by atoms with Gasteiger partial charge in [-0.25, -0.2) is 0 Å². The molecule has 0 aliphatic rings. The van der Waals surface area contributed by atoms with Crippen LogP contribution in [0.15, 0.2) is 48.5 Å². The molecular weight excluding hydrogens is 350 g/mol. The van der Waals surface area contributed by atoms with Crippen LogP contribution in [-0.4, -0.2) is 22.4 Å². The maximum Gasteiger partial charge on any atom is 0.298 e. The fraction of sp³-hybridized carbons (Fsp3) is 0.211. The number of nitrogens with zero attached hydrogens (tertiary/aromatic N) is 2. The van der Waals surface area contributed by atoms with Gasteiger partial charge in [0.1, 0.15) is 17.3 Å². The average Bonchev–Trinajstić information content (AvgIpc) is 3.12. The Balaban J connectivity index is 1.66. The minimum atomic E-state index is -0.234. The van der Waals surface area contributed by atoms with Gasteiger partial charge in [0.15, 0.2) is 0 Å². The number of amides is 1. The number of para-hydroxylation sites is 1. The fourth-order valence-electron chi connectivity index (χ4n) is 2.23. The average molecular weight is 369 g/mol. The Bertz CT molecular complexity index is 891. The number of benzene rings is 2. The Morgan fingerprint density at radius 1 is 1.12 bits per heavy atom. The molecule has 0 aliphatic heterocycles. The molecule has 0 fully saturated rings. The van der Waals surface area contributed by atoms with Crippen LogP contribution in [-0.2, 0) is 0 Å². The first-order chi connectivity index (χ1) is 12.6. The topological polar surface area (TPSA) is 73.3 Å². The first-order valence-corrected chi connectivity index (χ1v) is 8.90. The summed E-state index contributed by atoms with van der Waals surface area (Å²) in [6, 6.07) is 14.2. The van der Waals surface area contributed by atoms with Crippen LogP contribution in [0.1, 0.15) is 35.9 Å². The number of hydrogen-bond acceptors (Lipinski definition) is 6. The van der Waals surface area contributed by atoms with E-state index >= 15 is 0 Å². The second kappa shape index (κ2) is 7.97. The van der Waals surface area contributed by atoms with E-state index in [-0.39, 0.29) is 11.8 Å². The normalized spacial score (nSPS) is 10.6. The van der Waals surface area contributed by atoms with Crippen molar-refractivity contribution in [1.29, 1.82) is 0 Å². The van der Waals surface area contributed by atoms with Crippen molar-refractivity contribution in [3.05, 3.63) is 59.9 Å². The van der Waals surface area contributed by atoms with Gasteiger partial charge >= 0.3 is 0 Å². The predicted molar refractivity (Wildman–Crippen MR) is 101 cm³/mol. The third-order valence-corrected chi connectivity index (χ3v) is 4.22. The van der Waals surface area contributed by atoms with E-state index in [4.69, 9.17) is 9.47 Å². The second-order valence-electron chi connectivity index (χ2n) is 5.85. The maximum absolute atomic E-state index is 12.4. The summed E-state index contributed by atoms with van der Waals surface area (Å²) in [7, 11) is 1.54. The lowest BCUT2D eigenvalue weighted by Crippen LogP contribution is -2.12. The number of anilines is 1. The molecule has 0 radical (unpaired) electrons. The first-order valence-electron chi connectivity index (χ1n) is 8.12. The summed E-state index contributed by atoms with van der Waals surface area (Å²) in [5, 5.41) is 3.34. The van der Waals surface area contributed by atoms with E-state index in [2.05, 4.69) is 14.7 Å². The summed E-state index contributed by atoms with van der Waals surface area (Å²) >= 11 is 1.22. The summed E-state index contributed by atoms with van der Waals surface area (Å²) in [6.07, 6.45) is 0. The van der Waals surface area contributed by atoms with Crippen molar-refractivity contribution in [1.82, 2.24) is 9.36 Å². The number of carbonyl (C=O) groups is 1. The van der Waals surface area contributed by atoms with Gasteiger partial charge in [-0.05, 0) is 36.4 Å². The van der Waals surface area contributed by atoms with Gasteiger partial charge in [0.05, 0.1) is 12.7 Å². The summed E-state index contributed by atoms with van der Waals surface area (Å²) in [4.78, 5) is 16.7. The van der Waals surface area contributed by atoms with Crippen LogP contribution < -0.4 is 14.8 Å². The summed E-state index contributed by atoms with van der Waals surface area (Å²) in [5.74, 6) is 1.96. The van der Waals surface area contributed by atoms with Crippen molar-refractivity contribution in [3.8, 4) is 16.7 Å². The van der Waals surface area contributed by atoms with Crippen LogP contribution in [0.25, 0.3) is 0 Å². The highest BCUT2D eigenvalue weighted by atomic mass is 32.1. The van der Waals surface area contributed by atoms with E-state index in [9.17, 15) is 4.79 Å². The molecule has 26 heavy (non-hydrogen) atoms. The Morgan fingerprint density at radius 3 is 2.50 bits per heavy atom. The van der Waals surface area contributed by atoms with Gasteiger partial charge in [0, 0.05) is 23.1 Å². The zero-order chi connectivity index (χ0) is 18.5. The molecule has 7 heteroatoms. The standard InChI is InChI=1S/C19H19N3O3S/c1-12(2)17-21-19(26-22-17)25-14-10-8-13(9-11-14)20-18(23)15-6-4-5-7-16(15)24-3/h4-12H,1-3H3,(H,20,23). The Morgan fingerprint density at radius 2 is 1.85 bits per heavy atom. The number of aromatic nitrogens is 2. The van der Waals surface area contributed by atoms with Crippen molar-refractivity contribution in [2.24, 2.45) is 0 Å². The van der Waals surface area contributed by atoms with E-state index in [0.717, 1.165) is 5.82 Å². The molecule has 0 bridgehead atoms. The smallest absolute Gasteiger partial charge is 0.298 e. The molecular formula is C19H19N3O3S. The van der Waals surface area contributed by atoms with Crippen molar-refractivity contribution in [2.75, 3.05) is 12.4 Å². The number of methoxy groups -OCH3 is 1. The molecule has 0 saturated heterocycles. The molecule has 6 nitrogen and oxygen atoms in total. The Kier molecular flexibility index (Phi) is 5.48. The van der Waals surface area contributed by atoms with Gasteiger partial charge in [-0.15, -0.1) is 0 Å². The lowest BCUT2D eigenvalue weighted by atomic mass is 10.2. The Labute approximate surface area is 156 Å². The monoisotopic (exact) mass is 369 g/mol. The van der Waals surface area contributed by atoms with Crippen LogP contribution in [0.4, 0.5) is 5.69 Å². The first kappa shape index (κ1) is 17.9. The van der Waals surface area contributed by atoms with Crippen LogP contribution in [0.5, 0.6) is 16.7 Å². The molecule has 0 unspecified atom stereocenters. The lowest BCUT2D eigenvalue weighted by Gasteiger charge is -2.09. The van der Waals surface area contributed by atoms with Gasteiger partial charge in [0.2, 0.25) is 0 Å². The van der Waals surface area contributed by atoms with Crippen molar-refractivity contribution >= 4 is 23.1 Å². The number of hydrogen-bond donors (Lipinski definition) is 1. The summed E-state index contributed by atoms with van der Waals surface area (Å²) in [6.45, 7) is 4.07. The van der Waals surface area contributed by atoms with Crippen molar-refractivity contribution < 1.29 is 14.3 Å². The minimum Gasteiger partial charge on any atom is -0.496 e. The van der Waals surface area contributed by atoms with E-state index in [1.54, 1.807) is 42.5 Å². The molecule has 1 aromatic heterocycles. The fourth-order valence-corrected chi connectivity index (χ4v) is 2.93. The molecule has 0 aliphatic carbocycles. The number of ether oxygens (including phenoxy) is 2. The third kappa shape index (κ3) is 4.18. The lowest BCUT2D eigenvalue weighted by molar-refractivity contribution is 0.102. The SMILES string of the molecule is COc1ccccc1C(=O)Nc1ccc(Oc2nc(C(C)C)ns2)cc1. The third-order valence-electron chi connectivity index (χ3n) is 3.61. The molecule has 0 spiro atoms. The van der Waals surface area contributed by atoms with Gasteiger partial charge in [-0.2, -0.15) is 9.36 Å². The second-order valence-corrected chi connectivity index (χ2v) is 6.57. The zero-order valence-corrected chi connectivity index (χ0v) is 15.5. The summed E-state index contributed by atoms with van der Waals surface area (Å²) < 4.78 is 15.2. The minimum absolute atomic E-state index is 0.234. The van der Waals surface area contributed by atoms with Crippen LogP contribution in [0.3, 0.4) is 0 Å². The zero-order valence-electron chi connectivity index (χ0n) is 14.7. The van der Waals surface area contributed by atoms with Gasteiger partial charge in [-0.3, -0.25) is 4.79 Å². The molecule has 3 rings (SSSR count). The van der Waals surface area contributed by atoms with Gasteiger partial charge in [0.25, 0.3) is 11.1 Å². The number of nitrogens with one attached hydrogen (secondary N) is 1. The van der Waals surface area contributed by atoms with E-state index in [1.807, 2.05) is 19.9 Å². The molecule has 3 aromatic rings. The molecule has 134 valence electrons. The largest absolute Gasteiger partial charge is 0.496 e. The van der Waals surface area contributed by atoms with Crippen LogP contribution in [0.2, 0.25) is 0 Å².